The minimum absolute atomic E-state index is 0.119. The van der Waals surface area contributed by atoms with Gasteiger partial charge in [-0.3, -0.25) is 4.68 Å². The molecule has 1 unspecified atom stereocenters. The monoisotopic (exact) mass is 298 g/mol. The van der Waals surface area contributed by atoms with Crippen molar-refractivity contribution in [3.63, 3.8) is 0 Å². The second-order valence-electron chi connectivity index (χ2n) is 5.53. The van der Waals surface area contributed by atoms with Gasteiger partial charge in [0.1, 0.15) is 0 Å². The summed E-state index contributed by atoms with van der Waals surface area (Å²) in [6.07, 6.45) is 9.53. The maximum absolute atomic E-state index is 6.52. The third-order valence-corrected chi connectivity index (χ3v) is 4.52. The molecule has 2 nitrogen and oxygen atoms in total. The highest BCUT2D eigenvalue weighted by Crippen LogP contribution is 2.31. The summed E-state index contributed by atoms with van der Waals surface area (Å²) < 4.78 is 2.23. The topological polar surface area (TPSA) is 17.8 Å². The van der Waals surface area contributed by atoms with Crippen molar-refractivity contribution in [1.82, 2.24) is 9.78 Å². The summed E-state index contributed by atoms with van der Waals surface area (Å²) in [5, 5.41) is 4.94. The van der Waals surface area contributed by atoms with E-state index >= 15 is 0 Å². The van der Waals surface area contributed by atoms with E-state index < -0.39 is 0 Å². The Morgan fingerprint density at radius 3 is 2.25 bits per heavy atom. The minimum atomic E-state index is 0.119. The van der Waals surface area contributed by atoms with Gasteiger partial charge in [0.2, 0.25) is 0 Å². The van der Waals surface area contributed by atoms with E-state index in [2.05, 4.69) is 32.4 Å². The summed E-state index contributed by atoms with van der Waals surface area (Å²) in [5.74, 6) is 0. The molecule has 0 saturated heterocycles. The molecule has 1 aromatic heterocycles. The molecule has 1 atom stereocenters. The van der Waals surface area contributed by atoms with E-state index in [1.807, 2.05) is 0 Å². The van der Waals surface area contributed by atoms with Crippen molar-refractivity contribution < 1.29 is 0 Å². The van der Waals surface area contributed by atoms with E-state index in [0.29, 0.717) is 0 Å². The van der Waals surface area contributed by atoms with Gasteiger partial charge in [-0.2, -0.15) is 5.10 Å². The standard InChI is InChI=1S/C17H31ClN2/c1-5-9-10-11-12-13-20-16(8-4)17(14(18)6-2)15(7-3)19-20/h14H,5-13H2,1-4H3. The van der Waals surface area contributed by atoms with Crippen molar-refractivity contribution in [1.29, 1.82) is 0 Å². The molecule has 0 N–H and O–H groups in total. The van der Waals surface area contributed by atoms with Gasteiger partial charge in [0.25, 0.3) is 0 Å². The molecule has 3 heteroatoms. The number of halogens is 1. The van der Waals surface area contributed by atoms with Crippen molar-refractivity contribution in [3.05, 3.63) is 17.0 Å². The molecule has 0 aliphatic rings. The predicted octanol–water partition coefficient (Wildman–Crippen LogP) is 5.67. The number of unbranched alkanes of at least 4 members (excludes halogenated alkanes) is 4. The highest BCUT2D eigenvalue weighted by Gasteiger charge is 2.20. The van der Waals surface area contributed by atoms with E-state index in [4.69, 9.17) is 16.7 Å². The van der Waals surface area contributed by atoms with E-state index in [1.54, 1.807) is 0 Å². The molecular formula is C17H31ClN2. The van der Waals surface area contributed by atoms with Gasteiger partial charge in [-0.25, -0.2) is 0 Å². The summed E-state index contributed by atoms with van der Waals surface area (Å²) in [7, 11) is 0. The first-order valence-corrected chi connectivity index (χ1v) is 8.85. The third kappa shape index (κ3) is 4.51. The van der Waals surface area contributed by atoms with Gasteiger partial charge in [0.05, 0.1) is 11.1 Å². The van der Waals surface area contributed by atoms with Gasteiger partial charge >= 0.3 is 0 Å². The molecular weight excluding hydrogens is 268 g/mol. The lowest BCUT2D eigenvalue weighted by Crippen LogP contribution is -2.06. The van der Waals surface area contributed by atoms with Crippen LogP contribution in [0, 0.1) is 0 Å². The molecule has 0 bridgehead atoms. The van der Waals surface area contributed by atoms with E-state index in [9.17, 15) is 0 Å². The smallest absolute Gasteiger partial charge is 0.0671 e. The fourth-order valence-electron chi connectivity index (χ4n) is 2.82. The maximum atomic E-state index is 6.52. The van der Waals surface area contributed by atoms with Crippen LogP contribution in [-0.4, -0.2) is 9.78 Å². The van der Waals surface area contributed by atoms with E-state index in [0.717, 1.165) is 25.8 Å². The lowest BCUT2D eigenvalue weighted by molar-refractivity contribution is 0.515. The van der Waals surface area contributed by atoms with Crippen LogP contribution in [0.3, 0.4) is 0 Å². The largest absolute Gasteiger partial charge is 0.269 e. The molecule has 0 aliphatic carbocycles. The second-order valence-corrected chi connectivity index (χ2v) is 6.05. The van der Waals surface area contributed by atoms with E-state index in [-0.39, 0.29) is 5.38 Å². The fraction of sp³-hybridized carbons (Fsp3) is 0.824. The van der Waals surface area contributed by atoms with Gasteiger partial charge in [0, 0.05) is 17.8 Å². The molecule has 0 aliphatic heterocycles. The van der Waals surface area contributed by atoms with Gasteiger partial charge in [-0.15, -0.1) is 11.6 Å². The number of rotatable bonds is 10. The maximum Gasteiger partial charge on any atom is 0.0671 e. The molecule has 0 aromatic carbocycles. The highest BCUT2D eigenvalue weighted by atomic mass is 35.5. The SMILES string of the molecule is CCCCCCCn1nc(CC)c(C(Cl)CC)c1CC. The Bertz CT molecular complexity index is 385. The molecule has 0 saturated carbocycles. The van der Waals surface area contributed by atoms with Crippen LogP contribution in [0.2, 0.25) is 0 Å². The number of nitrogens with zero attached hydrogens (tertiary/aromatic N) is 2. The first-order valence-electron chi connectivity index (χ1n) is 8.41. The van der Waals surface area contributed by atoms with Gasteiger partial charge in [-0.1, -0.05) is 53.4 Å². The Labute approximate surface area is 129 Å². The summed E-state index contributed by atoms with van der Waals surface area (Å²) in [4.78, 5) is 0. The van der Waals surface area contributed by atoms with Gasteiger partial charge in [-0.05, 0) is 25.7 Å². The van der Waals surface area contributed by atoms with Gasteiger partial charge < -0.3 is 0 Å². The molecule has 0 fully saturated rings. The summed E-state index contributed by atoms with van der Waals surface area (Å²) in [6, 6.07) is 0. The number of aromatic nitrogens is 2. The fourth-order valence-corrected chi connectivity index (χ4v) is 3.07. The van der Waals surface area contributed by atoms with Crippen LogP contribution in [0.4, 0.5) is 0 Å². The Kier molecular flexibility index (Phi) is 8.28. The zero-order valence-corrected chi connectivity index (χ0v) is 14.5. The van der Waals surface area contributed by atoms with Crippen LogP contribution in [-0.2, 0) is 19.4 Å². The van der Waals surface area contributed by atoms with Crippen LogP contribution in [0.25, 0.3) is 0 Å². The Hall–Kier alpha value is -0.500. The van der Waals surface area contributed by atoms with E-state index in [1.165, 1.54) is 49.1 Å². The number of alkyl halides is 1. The lowest BCUT2D eigenvalue weighted by atomic mass is 10.0. The third-order valence-electron chi connectivity index (χ3n) is 3.99. The van der Waals surface area contributed by atoms with Crippen LogP contribution in [0.1, 0.15) is 88.5 Å². The van der Waals surface area contributed by atoms with Crippen LogP contribution >= 0.6 is 11.6 Å². The quantitative estimate of drug-likeness (QED) is 0.402. The first-order chi connectivity index (χ1) is 9.69. The van der Waals surface area contributed by atoms with Crippen molar-refractivity contribution in [2.75, 3.05) is 0 Å². The molecule has 1 rings (SSSR count). The summed E-state index contributed by atoms with van der Waals surface area (Å²) >= 11 is 6.52. The first kappa shape index (κ1) is 17.6. The molecule has 20 heavy (non-hydrogen) atoms. The van der Waals surface area contributed by atoms with Crippen LogP contribution in [0.15, 0.2) is 0 Å². The normalized spacial score (nSPS) is 12.8. The van der Waals surface area contributed by atoms with Crippen molar-refractivity contribution in [3.8, 4) is 0 Å². The number of hydrogen-bond donors (Lipinski definition) is 0. The van der Waals surface area contributed by atoms with Crippen molar-refractivity contribution in [2.45, 2.75) is 91.0 Å². The van der Waals surface area contributed by atoms with Crippen molar-refractivity contribution in [2.24, 2.45) is 0 Å². The Morgan fingerprint density at radius 1 is 1.00 bits per heavy atom. The second kappa shape index (κ2) is 9.44. The molecule has 1 aromatic rings. The van der Waals surface area contributed by atoms with Gasteiger partial charge in [0.15, 0.2) is 0 Å². The summed E-state index contributed by atoms with van der Waals surface area (Å²) in [5.41, 5.74) is 3.88. The zero-order chi connectivity index (χ0) is 15.0. The predicted molar refractivity (Wildman–Crippen MR) is 88.6 cm³/mol. The molecule has 0 amide bonds. The number of aryl methyl sites for hydroxylation is 2. The highest BCUT2D eigenvalue weighted by molar-refractivity contribution is 6.20. The molecule has 0 spiro atoms. The average molecular weight is 299 g/mol. The zero-order valence-electron chi connectivity index (χ0n) is 13.7. The van der Waals surface area contributed by atoms with Crippen LogP contribution in [0.5, 0.6) is 0 Å². The van der Waals surface area contributed by atoms with Crippen LogP contribution < -0.4 is 0 Å². The number of hydrogen-bond acceptors (Lipinski definition) is 1. The van der Waals surface area contributed by atoms with Crippen molar-refractivity contribution >= 4 is 11.6 Å². The summed E-state index contributed by atoms with van der Waals surface area (Å²) in [6.45, 7) is 9.85. The Morgan fingerprint density at radius 2 is 1.70 bits per heavy atom. The lowest BCUT2D eigenvalue weighted by Gasteiger charge is -2.11. The Balaban J connectivity index is 2.77. The molecule has 0 radical (unpaired) electrons. The molecule has 116 valence electrons. The molecule has 1 heterocycles. The minimum Gasteiger partial charge on any atom is -0.269 e. The average Bonchev–Trinajstić information content (AvgIpc) is 2.83.